The van der Waals surface area contributed by atoms with E-state index in [-0.39, 0.29) is 5.69 Å². The number of nitro groups is 1. The van der Waals surface area contributed by atoms with E-state index in [1.54, 1.807) is 19.2 Å². The van der Waals surface area contributed by atoms with Gasteiger partial charge in [0.2, 0.25) is 0 Å². The first-order valence-electron chi connectivity index (χ1n) is 9.52. The van der Waals surface area contributed by atoms with Gasteiger partial charge in [0.25, 0.3) is 5.69 Å². The second-order valence-corrected chi connectivity index (χ2v) is 7.88. The van der Waals surface area contributed by atoms with E-state index in [4.69, 9.17) is 9.47 Å². The zero-order valence-electron chi connectivity index (χ0n) is 15.9. The van der Waals surface area contributed by atoms with Crippen LogP contribution in [0, 0.1) is 10.1 Å². The summed E-state index contributed by atoms with van der Waals surface area (Å²) >= 11 is 3.64. The van der Waals surface area contributed by atoms with Gasteiger partial charge in [-0.3, -0.25) is 10.1 Å². The van der Waals surface area contributed by atoms with Crippen LogP contribution in [0.2, 0.25) is 0 Å². The third kappa shape index (κ3) is 5.45. The number of methoxy groups -OCH3 is 1. The zero-order chi connectivity index (χ0) is 19.9. The third-order valence-corrected chi connectivity index (χ3v) is 5.80. The molecule has 0 radical (unpaired) electrons. The molecule has 1 aliphatic carbocycles. The van der Waals surface area contributed by atoms with E-state index in [0.717, 1.165) is 22.1 Å². The first kappa shape index (κ1) is 20.6. The Morgan fingerprint density at radius 1 is 1.14 bits per heavy atom. The summed E-state index contributed by atoms with van der Waals surface area (Å²) in [5, 5.41) is 14.4. The summed E-state index contributed by atoms with van der Waals surface area (Å²) in [7, 11) is 1.63. The van der Waals surface area contributed by atoms with Crippen LogP contribution in [-0.4, -0.2) is 18.1 Å². The normalized spacial score (nSPS) is 14.6. The number of non-ortho nitro benzene ring substituents is 1. The summed E-state index contributed by atoms with van der Waals surface area (Å²) in [4.78, 5) is 10.3. The molecule has 7 heteroatoms. The summed E-state index contributed by atoms with van der Waals surface area (Å²) in [6.07, 6.45) is 6.43. The lowest BCUT2D eigenvalue weighted by atomic mass is 9.95. The molecule has 1 N–H and O–H groups in total. The average Bonchev–Trinajstić information content (AvgIpc) is 2.72. The van der Waals surface area contributed by atoms with Gasteiger partial charge in [-0.25, -0.2) is 0 Å². The minimum Gasteiger partial charge on any atom is -0.493 e. The molecule has 0 aromatic heterocycles. The molecule has 0 spiro atoms. The van der Waals surface area contributed by atoms with Crippen molar-refractivity contribution in [3.05, 3.63) is 62.1 Å². The highest BCUT2D eigenvalue weighted by Gasteiger charge is 2.15. The lowest BCUT2D eigenvalue weighted by Gasteiger charge is -2.23. The van der Waals surface area contributed by atoms with E-state index in [9.17, 15) is 10.1 Å². The van der Waals surface area contributed by atoms with Crippen molar-refractivity contribution in [3.63, 3.8) is 0 Å². The van der Waals surface area contributed by atoms with Crippen LogP contribution < -0.4 is 14.8 Å². The van der Waals surface area contributed by atoms with Gasteiger partial charge < -0.3 is 14.8 Å². The molecule has 0 saturated heterocycles. The molecule has 1 aliphatic rings. The SMILES string of the molecule is COc1cc(CNC2CCCCC2)c(Br)cc1OCc1ccc([N+](=O)[O-])cc1. The van der Waals surface area contributed by atoms with Crippen LogP contribution in [0.1, 0.15) is 43.2 Å². The summed E-state index contributed by atoms with van der Waals surface area (Å²) in [5.74, 6) is 1.31. The van der Waals surface area contributed by atoms with Crippen LogP contribution in [0.15, 0.2) is 40.9 Å². The Labute approximate surface area is 173 Å². The lowest BCUT2D eigenvalue weighted by Crippen LogP contribution is -2.30. The van der Waals surface area contributed by atoms with Gasteiger partial charge in [-0.15, -0.1) is 0 Å². The quantitative estimate of drug-likeness (QED) is 0.434. The molecule has 150 valence electrons. The van der Waals surface area contributed by atoms with Crippen LogP contribution in [-0.2, 0) is 13.2 Å². The first-order valence-corrected chi connectivity index (χ1v) is 10.3. The molecule has 0 bridgehead atoms. The van der Waals surface area contributed by atoms with Gasteiger partial charge in [0.05, 0.1) is 12.0 Å². The fourth-order valence-corrected chi connectivity index (χ4v) is 3.88. The Morgan fingerprint density at radius 3 is 2.50 bits per heavy atom. The van der Waals surface area contributed by atoms with Gasteiger partial charge in [0, 0.05) is 29.2 Å². The van der Waals surface area contributed by atoms with E-state index in [0.29, 0.717) is 24.1 Å². The van der Waals surface area contributed by atoms with Gasteiger partial charge in [-0.2, -0.15) is 0 Å². The number of nitrogens with one attached hydrogen (secondary N) is 1. The molecule has 2 aromatic carbocycles. The number of rotatable bonds is 8. The van der Waals surface area contributed by atoms with Gasteiger partial charge >= 0.3 is 0 Å². The van der Waals surface area contributed by atoms with Crippen LogP contribution in [0.25, 0.3) is 0 Å². The summed E-state index contributed by atoms with van der Waals surface area (Å²) in [6, 6.07) is 10.8. The maximum Gasteiger partial charge on any atom is 0.269 e. The summed E-state index contributed by atoms with van der Waals surface area (Å²) < 4.78 is 12.4. The average molecular weight is 449 g/mol. The largest absolute Gasteiger partial charge is 0.493 e. The fourth-order valence-electron chi connectivity index (χ4n) is 3.42. The van der Waals surface area contributed by atoms with E-state index in [2.05, 4.69) is 21.2 Å². The highest BCUT2D eigenvalue weighted by molar-refractivity contribution is 9.10. The second-order valence-electron chi connectivity index (χ2n) is 7.02. The smallest absolute Gasteiger partial charge is 0.269 e. The summed E-state index contributed by atoms with van der Waals surface area (Å²) in [6.45, 7) is 1.09. The molecule has 1 saturated carbocycles. The summed E-state index contributed by atoms with van der Waals surface area (Å²) in [5.41, 5.74) is 2.05. The molecule has 0 heterocycles. The van der Waals surface area contributed by atoms with Crippen molar-refractivity contribution in [3.8, 4) is 11.5 Å². The number of halogens is 1. The van der Waals surface area contributed by atoms with Gasteiger partial charge in [-0.1, -0.05) is 35.2 Å². The fraction of sp³-hybridized carbons (Fsp3) is 0.429. The van der Waals surface area contributed by atoms with Crippen molar-refractivity contribution in [2.45, 2.75) is 51.3 Å². The molecular weight excluding hydrogens is 424 g/mol. The van der Waals surface area contributed by atoms with E-state index < -0.39 is 4.92 Å². The Bertz CT molecular complexity index is 805. The Morgan fingerprint density at radius 2 is 1.86 bits per heavy atom. The number of benzene rings is 2. The third-order valence-electron chi connectivity index (χ3n) is 5.06. The highest BCUT2D eigenvalue weighted by atomic mass is 79.9. The number of nitro benzene ring substituents is 1. The standard InChI is InChI=1S/C21H25BrN2O4/c1-27-20-11-16(13-23-17-5-3-2-4-6-17)19(22)12-21(20)28-14-15-7-9-18(10-8-15)24(25)26/h7-12,17,23H,2-6,13-14H2,1H3. The van der Waals surface area contributed by atoms with Crippen molar-refractivity contribution in [2.24, 2.45) is 0 Å². The molecule has 0 atom stereocenters. The number of ether oxygens (including phenoxy) is 2. The Balaban J connectivity index is 1.64. The van der Waals surface area contributed by atoms with Crippen LogP contribution in [0.3, 0.4) is 0 Å². The van der Waals surface area contributed by atoms with Crippen LogP contribution in [0.4, 0.5) is 5.69 Å². The Hall–Kier alpha value is -2.12. The van der Waals surface area contributed by atoms with Crippen molar-refractivity contribution in [1.29, 1.82) is 0 Å². The topological polar surface area (TPSA) is 73.6 Å². The minimum absolute atomic E-state index is 0.0684. The van der Waals surface area contributed by atoms with E-state index in [1.807, 2.05) is 12.1 Å². The highest BCUT2D eigenvalue weighted by Crippen LogP contribution is 2.34. The molecule has 28 heavy (non-hydrogen) atoms. The predicted octanol–water partition coefficient (Wildman–Crippen LogP) is 5.37. The minimum atomic E-state index is -0.412. The number of hydrogen-bond donors (Lipinski definition) is 1. The van der Waals surface area contributed by atoms with Crippen molar-refractivity contribution in [2.75, 3.05) is 7.11 Å². The monoisotopic (exact) mass is 448 g/mol. The van der Waals surface area contributed by atoms with E-state index >= 15 is 0 Å². The molecule has 3 rings (SSSR count). The van der Waals surface area contributed by atoms with Crippen molar-refractivity contribution < 1.29 is 14.4 Å². The first-order chi connectivity index (χ1) is 13.6. The molecule has 0 unspecified atom stereocenters. The second kappa shape index (κ2) is 9.89. The molecule has 1 fully saturated rings. The number of hydrogen-bond acceptors (Lipinski definition) is 5. The van der Waals surface area contributed by atoms with Gasteiger partial charge in [0.1, 0.15) is 6.61 Å². The van der Waals surface area contributed by atoms with Gasteiger partial charge in [-0.05, 0) is 48.2 Å². The molecular formula is C21H25BrN2O4. The van der Waals surface area contributed by atoms with Gasteiger partial charge in [0.15, 0.2) is 11.5 Å². The molecule has 0 amide bonds. The maximum absolute atomic E-state index is 10.7. The predicted molar refractivity (Wildman–Crippen MR) is 112 cm³/mol. The maximum atomic E-state index is 10.7. The molecule has 6 nitrogen and oxygen atoms in total. The zero-order valence-corrected chi connectivity index (χ0v) is 17.5. The van der Waals surface area contributed by atoms with Crippen LogP contribution in [0.5, 0.6) is 11.5 Å². The van der Waals surface area contributed by atoms with Crippen molar-refractivity contribution >= 4 is 21.6 Å². The Kier molecular flexibility index (Phi) is 7.28. The molecule has 0 aliphatic heterocycles. The number of nitrogens with zero attached hydrogens (tertiary/aromatic N) is 1. The lowest BCUT2D eigenvalue weighted by molar-refractivity contribution is -0.384. The van der Waals surface area contributed by atoms with Crippen LogP contribution >= 0.6 is 15.9 Å². The van der Waals surface area contributed by atoms with Crippen molar-refractivity contribution in [1.82, 2.24) is 5.32 Å². The molecule has 2 aromatic rings. The van der Waals surface area contributed by atoms with E-state index in [1.165, 1.54) is 44.2 Å².